The lowest BCUT2D eigenvalue weighted by Crippen LogP contribution is -2.25. The van der Waals surface area contributed by atoms with Crippen LogP contribution in [0, 0.1) is 0 Å². The van der Waals surface area contributed by atoms with Crippen molar-refractivity contribution in [2.75, 3.05) is 6.61 Å². The molecule has 0 atom stereocenters. The summed E-state index contributed by atoms with van der Waals surface area (Å²) in [5.74, 6) is 0. The van der Waals surface area contributed by atoms with Gasteiger partial charge in [0.2, 0.25) is 0 Å². The fraction of sp³-hybridized carbons (Fsp3) is 0.625. The van der Waals surface area contributed by atoms with Gasteiger partial charge >= 0.3 is 0 Å². The van der Waals surface area contributed by atoms with Crippen molar-refractivity contribution in [1.29, 1.82) is 0 Å². The predicted molar refractivity (Wildman–Crippen MR) is 123 cm³/mol. The summed E-state index contributed by atoms with van der Waals surface area (Å²) < 4.78 is 5.53. The third-order valence-electron chi connectivity index (χ3n) is 4.70. The summed E-state index contributed by atoms with van der Waals surface area (Å²) in [5.41, 5.74) is 5.77. The van der Waals surface area contributed by atoms with Gasteiger partial charge in [-0.05, 0) is 104 Å². The average molecular weight is 390 g/mol. The Morgan fingerprint density at radius 3 is 1.78 bits per heavy atom. The standard InChI is InChI=1S/C24H39NOS/c1-19(2)9-6-10-20(3)11-7-12-21(4)13-8-14-22(5)17-18-26-24(27)25-23-15-16-23/h9,11,13,17,23H,6-8,10,12,14-16,18H2,1-5H3,(H,25,27). The fourth-order valence-corrected chi connectivity index (χ4v) is 2.92. The second-order valence-electron chi connectivity index (χ2n) is 8.07. The number of rotatable bonds is 12. The molecule has 0 bridgehead atoms. The number of thiocarbonyl (C=S) groups is 1. The van der Waals surface area contributed by atoms with Crippen LogP contribution in [0.2, 0.25) is 0 Å². The van der Waals surface area contributed by atoms with Crippen molar-refractivity contribution in [2.45, 2.75) is 92.0 Å². The van der Waals surface area contributed by atoms with Crippen molar-refractivity contribution < 1.29 is 4.74 Å². The lowest BCUT2D eigenvalue weighted by molar-refractivity contribution is 0.340. The number of hydrogen-bond donors (Lipinski definition) is 1. The normalized spacial score (nSPS) is 15.5. The van der Waals surface area contributed by atoms with Crippen molar-refractivity contribution in [3.63, 3.8) is 0 Å². The van der Waals surface area contributed by atoms with Crippen LogP contribution in [0.5, 0.6) is 0 Å². The highest BCUT2D eigenvalue weighted by Gasteiger charge is 2.22. The molecule has 1 fully saturated rings. The van der Waals surface area contributed by atoms with Crippen LogP contribution >= 0.6 is 12.2 Å². The molecule has 0 heterocycles. The molecule has 2 nitrogen and oxygen atoms in total. The topological polar surface area (TPSA) is 21.3 Å². The summed E-state index contributed by atoms with van der Waals surface area (Å²) in [6.45, 7) is 11.6. The lowest BCUT2D eigenvalue weighted by Gasteiger charge is -2.07. The molecule has 0 unspecified atom stereocenters. The van der Waals surface area contributed by atoms with Crippen LogP contribution in [0.4, 0.5) is 0 Å². The van der Waals surface area contributed by atoms with E-state index in [2.05, 4.69) is 64.2 Å². The van der Waals surface area contributed by atoms with Gasteiger partial charge in [-0.2, -0.15) is 0 Å². The second kappa shape index (κ2) is 13.8. The molecule has 27 heavy (non-hydrogen) atoms. The molecular weight excluding hydrogens is 350 g/mol. The van der Waals surface area contributed by atoms with Gasteiger partial charge in [-0.3, -0.25) is 0 Å². The summed E-state index contributed by atoms with van der Waals surface area (Å²) in [6.07, 6.45) is 18.5. The van der Waals surface area contributed by atoms with Crippen LogP contribution in [0.3, 0.4) is 0 Å². The maximum atomic E-state index is 5.53. The fourth-order valence-electron chi connectivity index (χ4n) is 2.68. The van der Waals surface area contributed by atoms with Crippen LogP contribution in [0.25, 0.3) is 0 Å². The van der Waals surface area contributed by atoms with Crippen molar-refractivity contribution in [3.8, 4) is 0 Å². The molecule has 0 saturated heterocycles. The lowest BCUT2D eigenvalue weighted by atomic mass is 10.0. The Morgan fingerprint density at radius 2 is 1.30 bits per heavy atom. The van der Waals surface area contributed by atoms with E-state index in [9.17, 15) is 0 Å². The van der Waals surface area contributed by atoms with Crippen LogP contribution in [-0.4, -0.2) is 17.8 Å². The van der Waals surface area contributed by atoms with E-state index in [1.165, 1.54) is 41.6 Å². The molecule has 1 aliphatic rings. The van der Waals surface area contributed by atoms with Crippen molar-refractivity contribution >= 4 is 17.4 Å². The minimum atomic E-state index is 0.543. The van der Waals surface area contributed by atoms with Gasteiger partial charge in [0.25, 0.3) is 5.17 Å². The molecule has 0 spiro atoms. The van der Waals surface area contributed by atoms with E-state index in [0.717, 1.165) is 32.1 Å². The predicted octanol–water partition coefficient (Wildman–Crippen LogP) is 7.19. The van der Waals surface area contributed by atoms with Crippen molar-refractivity contribution in [3.05, 3.63) is 46.6 Å². The summed E-state index contributed by atoms with van der Waals surface area (Å²) in [4.78, 5) is 0. The molecule has 1 N–H and O–H groups in total. The van der Waals surface area contributed by atoms with Crippen LogP contribution < -0.4 is 5.32 Å². The van der Waals surface area contributed by atoms with E-state index in [-0.39, 0.29) is 0 Å². The summed E-state index contributed by atoms with van der Waals surface area (Å²) in [6, 6.07) is 0.562. The van der Waals surface area contributed by atoms with Gasteiger partial charge < -0.3 is 10.1 Å². The van der Waals surface area contributed by atoms with Crippen LogP contribution in [-0.2, 0) is 4.74 Å². The van der Waals surface area contributed by atoms with E-state index in [0.29, 0.717) is 17.8 Å². The third kappa shape index (κ3) is 14.4. The van der Waals surface area contributed by atoms with E-state index in [4.69, 9.17) is 17.0 Å². The summed E-state index contributed by atoms with van der Waals surface area (Å²) in [5, 5.41) is 3.74. The van der Waals surface area contributed by atoms with Gasteiger partial charge in [0.1, 0.15) is 6.61 Å². The first kappa shape index (κ1) is 23.7. The molecule has 1 aliphatic carbocycles. The van der Waals surface area contributed by atoms with Crippen LogP contribution in [0.1, 0.15) is 86.0 Å². The summed E-state index contributed by atoms with van der Waals surface area (Å²) >= 11 is 5.16. The van der Waals surface area contributed by atoms with Crippen molar-refractivity contribution in [1.82, 2.24) is 5.32 Å². The Labute approximate surface area is 172 Å². The van der Waals surface area contributed by atoms with Crippen molar-refractivity contribution in [2.24, 2.45) is 0 Å². The molecule has 0 aromatic rings. The highest BCUT2D eigenvalue weighted by molar-refractivity contribution is 7.80. The zero-order valence-electron chi connectivity index (χ0n) is 18.1. The maximum absolute atomic E-state index is 5.53. The Bertz CT molecular complexity index is 575. The van der Waals surface area contributed by atoms with E-state index in [1.54, 1.807) is 0 Å². The SMILES string of the molecule is CC(C)=CCCC(C)=CCCC(C)=CCCC(C)=CCOC(=S)NC1CC1. The first-order valence-electron chi connectivity index (χ1n) is 10.4. The first-order chi connectivity index (χ1) is 12.9. The maximum Gasteiger partial charge on any atom is 0.257 e. The average Bonchev–Trinajstić information content (AvgIpc) is 3.38. The van der Waals surface area contributed by atoms with Gasteiger partial charge in [0.15, 0.2) is 0 Å². The van der Waals surface area contributed by atoms with Crippen LogP contribution in [0.15, 0.2) is 46.6 Å². The highest BCUT2D eigenvalue weighted by Crippen LogP contribution is 2.18. The number of hydrogen-bond acceptors (Lipinski definition) is 2. The van der Waals surface area contributed by atoms with E-state index >= 15 is 0 Å². The molecule has 1 saturated carbocycles. The second-order valence-corrected chi connectivity index (χ2v) is 8.44. The van der Waals surface area contributed by atoms with Gasteiger partial charge in [-0.1, -0.05) is 40.5 Å². The quantitative estimate of drug-likeness (QED) is 0.282. The van der Waals surface area contributed by atoms with Gasteiger partial charge in [0, 0.05) is 6.04 Å². The minimum Gasteiger partial charge on any atom is -0.467 e. The molecule has 0 aromatic heterocycles. The number of ether oxygens (including phenoxy) is 1. The Balaban J connectivity index is 2.14. The molecule has 0 radical (unpaired) electrons. The molecular formula is C24H39NOS. The highest BCUT2D eigenvalue weighted by atomic mass is 32.1. The Morgan fingerprint density at radius 1 is 0.815 bits per heavy atom. The summed E-state index contributed by atoms with van der Waals surface area (Å²) in [7, 11) is 0. The minimum absolute atomic E-state index is 0.543. The third-order valence-corrected chi connectivity index (χ3v) is 4.94. The monoisotopic (exact) mass is 389 g/mol. The Kier molecular flexibility index (Phi) is 12.1. The zero-order chi connectivity index (χ0) is 20.1. The Hall–Kier alpha value is -1.35. The van der Waals surface area contributed by atoms with E-state index in [1.807, 2.05) is 0 Å². The van der Waals surface area contributed by atoms with Gasteiger partial charge in [-0.15, -0.1) is 0 Å². The number of nitrogens with one attached hydrogen (secondary N) is 1. The molecule has 0 amide bonds. The molecule has 152 valence electrons. The first-order valence-corrected chi connectivity index (χ1v) is 10.8. The molecule has 0 aliphatic heterocycles. The van der Waals surface area contributed by atoms with E-state index < -0.39 is 0 Å². The zero-order valence-corrected chi connectivity index (χ0v) is 18.9. The molecule has 3 heteroatoms. The van der Waals surface area contributed by atoms with Gasteiger partial charge in [-0.25, -0.2) is 0 Å². The largest absolute Gasteiger partial charge is 0.467 e. The number of allylic oxidation sites excluding steroid dienone is 7. The molecule has 1 rings (SSSR count). The molecule has 0 aromatic carbocycles. The smallest absolute Gasteiger partial charge is 0.257 e. The van der Waals surface area contributed by atoms with Gasteiger partial charge in [0.05, 0.1) is 0 Å².